The summed E-state index contributed by atoms with van der Waals surface area (Å²) in [6.45, 7) is 0.606. The summed E-state index contributed by atoms with van der Waals surface area (Å²) in [7, 11) is 1.95. The van der Waals surface area contributed by atoms with Gasteiger partial charge in [0.25, 0.3) is 0 Å². The number of hydrogen-bond donors (Lipinski definition) is 1. The first-order valence-corrected chi connectivity index (χ1v) is 6.34. The van der Waals surface area contributed by atoms with Crippen molar-refractivity contribution in [2.24, 2.45) is 5.41 Å². The Morgan fingerprint density at radius 2 is 2.33 bits per heavy atom. The molecule has 82 valence electrons. The molecule has 0 unspecified atom stereocenters. The van der Waals surface area contributed by atoms with Gasteiger partial charge in [-0.15, -0.1) is 11.3 Å². The van der Waals surface area contributed by atoms with Crippen LogP contribution in [0.25, 0.3) is 0 Å². The lowest BCUT2D eigenvalue weighted by molar-refractivity contribution is -0.142. The zero-order valence-corrected chi connectivity index (χ0v) is 10.8. The summed E-state index contributed by atoms with van der Waals surface area (Å²) in [5.41, 5.74) is -0.481. The van der Waals surface area contributed by atoms with Crippen LogP contribution >= 0.6 is 27.3 Å². The van der Waals surface area contributed by atoms with Gasteiger partial charge in [-0.2, -0.15) is 0 Å². The number of halogens is 1. The van der Waals surface area contributed by atoms with Gasteiger partial charge in [0.05, 0.1) is 14.2 Å². The Bertz CT molecular complexity index is 387. The van der Waals surface area contributed by atoms with Gasteiger partial charge in [-0.05, 0) is 40.9 Å². The van der Waals surface area contributed by atoms with Crippen molar-refractivity contribution in [3.05, 3.63) is 15.9 Å². The van der Waals surface area contributed by atoms with Crippen molar-refractivity contribution in [1.29, 1.82) is 0 Å². The van der Waals surface area contributed by atoms with Crippen molar-refractivity contribution < 1.29 is 9.90 Å². The van der Waals surface area contributed by atoms with Crippen molar-refractivity contribution in [2.45, 2.75) is 12.8 Å². The average Bonchev–Trinajstić information content (AvgIpc) is 2.82. The van der Waals surface area contributed by atoms with E-state index in [1.54, 1.807) is 11.3 Å². The van der Waals surface area contributed by atoms with Gasteiger partial charge < -0.3 is 10.0 Å². The predicted molar refractivity (Wildman–Crippen MR) is 64.6 cm³/mol. The van der Waals surface area contributed by atoms with E-state index in [2.05, 4.69) is 15.9 Å². The first-order valence-electron chi connectivity index (χ1n) is 4.73. The molecular formula is C10H12BrNO2S. The Morgan fingerprint density at radius 1 is 1.67 bits per heavy atom. The third kappa shape index (κ3) is 2.18. The Morgan fingerprint density at radius 3 is 2.73 bits per heavy atom. The van der Waals surface area contributed by atoms with E-state index in [0.717, 1.165) is 21.6 Å². The van der Waals surface area contributed by atoms with Crippen LogP contribution in [0, 0.1) is 5.41 Å². The zero-order chi connectivity index (χ0) is 11.1. The van der Waals surface area contributed by atoms with Gasteiger partial charge in [0.15, 0.2) is 0 Å². The predicted octanol–water partition coefficient (Wildman–Crippen LogP) is 2.81. The highest BCUT2D eigenvalue weighted by Crippen LogP contribution is 2.47. The van der Waals surface area contributed by atoms with Crippen molar-refractivity contribution in [2.75, 3.05) is 18.5 Å². The van der Waals surface area contributed by atoms with Crippen LogP contribution in [0.4, 0.5) is 5.00 Å². The number of aliphatic carboxylic acids is 1. The fraction of sp³-hybridized carbons (Fsp3) is 0.500. The molecule has 1 aromatic rings. The first-order chi connectivity index (χ1) is 7.03. The molecule has 1 aliphatic carbocycles. The van der Waals surface area contributed by atoms with E-state index >= 15 is 0 Å². The minimum Gasteiger partial charge on any atom is -0.481 e. The Labute approximate surface area is 101 Å². The molecule has 1 fully saturated rings. The van der Waals surface area contributed by atoms with Crippen molar-refractivity contribution in [3.63, 3.8) is 0 Å². The lowest BCUT2D eigenvalue weighted by Crippen LogP contribution is -2.31. The minimum absolute atomic E-state index is 0.481. The SMILES string of the molecule is CN(CC1(C(=O)O)CC1)c1ccc(Br)s1. The molecule has 0 atom stereocenters. The number of rotatable bonds is 4. The summed E-state index contributed by atoms with van der Waals surface area (Å²) in [5.74, 6) is -0.662. The summed E-state index contributed by atoms with van der Waals surface area (Å²) in [6, 6.07) is 3.99. The highest BCUT2D eigenvalue weighted by Gasteiger charge is 2.51. The molecule has 1 saturated carbocycles. The Hall–Kier alpha value is -0.550. The standard InChI is InChI=1S/C10H12BrNO2S/c1-12(8-3-2-7(11)15-8)6-10(4-5-10)9(13)14/h2-3H,4-6H2,1H3,(H,13,14). The van der Waals surface area contributed by atoms with Gasteiger partial charge >= 0.3 is 5.97 Å². The molecule has 0 bridgehead atoms. The van der Waals surface area contributed by atoms with Crippen LogP contribution in [0.2, 0.25) is 0 Å². The normalized spacial score (nSPS) is 17.5. The van der Waals surface area contributed by atoms with Gasteiger partial charge in [0, 0.05) is 13.6 Å². The molecule has 5 heteroatoms. The highest BCUT2D eigenvalue weighted by molar-refractivity contribution is 9.11. The molecule has 0 saturated heterocycles. The van der Waals surface area contributed by atoms with E-state index in [4.69, 9.17) is 5.11 Å². The van der Waals surface area contributed by atoms with E-state index in [-0.39, 0.29) is 0 Å². The van der Waals surface area contributed by atoms with E-state index in [1.165, 1.54) is 0 Å². The molecular weight excluding hydrogens is 278 g/mol. The maximum atomic E-state index is 11.0. The number of hydrogen-bond acceptors (Lipinski definition) is 3. The molecule has 0 aliphatic heterocycles. The molecule has 0 amide bonds. The average molecular weight is 290 g/mol. The molecule has 0 aromatic carbocycles. The van der Waals surface area contributed by atoms with Crippen LogP contribution in [-0.2, 0) is 4.79 Å². The topological polar surface area (TPSA) is 40.5 Å². The third-order valence-corrected chi connectivity index (χ3v) is 4.52. The molecule has 0 radical (unpaired) electrons. The van der Waals surface area contributed by atoms with E-state index < -0.39 is 11.4 Å². The molecule has 2 rings (SSSR count). The number of anilines is 1. The molecule has 0 spiro atoms. The second kappa shape index (κ2) is 3.79. The van der Waals surface area contributed by atoms with Crippen LogP contribution in [0.15, 0.2) is 15.9 Å². The Balaban J connectivity index is 2.04. The lowest BCUT2D eigenvalue weighted by atomic mass is 10.1. The van der Waals surface area contributed by atoms with Gasteiger partial charge in [-0.3, -0.25) is 4.79 Å². The Kier molecular flexibility index (Phi) is 2.77. The molecule has 15 heavy (non-hydrogen) atoms. The number of carboxylic acid groups (broad SMARTS) is 1. The molecule has 1 heterocycles. The second-order valence-corrected chi connectivity index (χ2v) is 6.46. The van der Waals surface area contributed by atoms with Gasteiger partial charge in [-0.25, -0.2) is 0 Å². The molecule has 1 N–H and O–H groups in total. The van der Waals surface area contributed by atoms with Crippen LogP contribution in [0.5, 0.6) is 0 Å². The van der Waals surface area contributed by atoms with Crippen molar-refractivity contribution in [3.8, 4) is 0 Å². The summed E-state index contributed by atoms with van der Waals surface area (Å²) < 4.78 is 1.07. The largest absolute Gasteiger partial charge is 0.481 e. The number of carboxylic acids is 1. The fourth-order valence-electron chi connectivity index (χ4n) is 1.63. The van der Waals surface area contributed by atoms with E-state index in [0.29, 0.717) is 6.54 Å². The molecule has 1 aromatic heterocycles. The van der Waals surface area contributed by atoms with Crippen LogP contribution in [-0.4, -0.2) is 24.7 Å². The van der Waals surface area contributed by atoms with Gasteiger partial charge in [0.2, 0.25) is 0 Å². The van der Waals surface area contributed by atoms with Crippen molar-refractivity contribution >= 4 is 38.2 Å². The fourth-order valence-corrected chi connectivity index (χ4v) is 2.95. The number of carbonyl (C=O) groups is 1. The van der Waals surface area contributed by atoms with E-state index in [9.17, 15) is 4.79 Å². The summed E-state index contributed by atoms with van der Waals surface area (Å²) in [5, 5.41) is 10.2. The van der Waals surface area contributed by atoms with Crippen LogP contribution in [0.1, 0.15) is 12.8 Å². The number of nitrogens with zero attached hydrogens (tertiary/aromatic N) is 1. The maximum absolute atomic E-state index is 11.0. The first kappa shape index (κ1) is 11.0. The van der Waals surface area contributed by atoms with Crippen LogP contribution < -0.4 is 4.90 Å². The van der Waals surface area contributed by atoms with E-state index in [1.807, 2.05) is 24.1 Å². The summed E-state index contributed by atoms with van der Waals surface area (Å²) >= 11 is 5.03. The minimum atomic E-state index is -0.662. The highest BCUT2D eigenvalue weighted by atomic mass is 79.9. The van der Waals surface area contributed by atoms with Crippen molar-refractivity contribution in [1.82, 2.24) is 0 Å². The van der Waals surface area contributed by atoms with Crippen LogP contribution in [0.3, 0.4) is 0 Å². The lowest BCUT2D eigenvalue weighted by Gasteiger charge is -2.21. The molecule has 1 aliphatic rings. The summed E-state index contributed by atoms with van der Waals surface area (Å²) in [4.78, 5) is 13.0. The maximum Gasteiger partial charge on any atom is 0.311 e. The number of thiophene rings is 1. The summed E-state index contributed by atoms with van der Waals surface area (Å²) in [6.07, 6.45) is 1.61. The quantitative estimate of drug-likeness (QED) is 0.927. The van der Waals surface area contributed by atoms with Gasteiger partial charge in [-0.1, -0.05) is 0 Å². The third-order valence-electron chi connectivity index (χ3n) is 2.78. The second-order valence-electron chi connectivity index (χ2n) is 4.02. The monoisotopic (exact) mass is 289 g/mol. The zero-order valence-electron chi connectivity index (χ0n) is 8.36. The molecule has 3 nitrogen and oxygen atoms in total. The van der Waals surface area contributed by atoms with Gasteiger partial charge in [0.1, 0.15) is 0 Å². The smallest absolute Gasteiger partial charge is 0.311 e.